The number of benzene rings is 1. The predicted molar refractivity (Wildman–Crippen MR) is 97.6 cm³/mol. The van der Waals surface area contributed by atoms with E-state index in [0.717, 1.165) is 18.8 Å². The topological polar surface area (TPSA) is 62.5 Å². The number of aromatic nitrogens is 2. The number of hydrogen-bond donors (Lipinski definition) is 0. The van der Waals surface area contributed by atoms with E-state index in [1.165, 1.54) is 18.4 Å². The highest BCUT2D eigenvalue weighted by atomic mass is 16.5. The lowest BCUT2D eigenvalue weighted by atomic mass is 9.94. The lowest BCUT2D eigenvalue weighted by molar-refractivity contribution is -0.128. The Morgan fingerprint density at radius 3 is 2.88 bits per heavy atom. The van der Waals surface area contributed by atoms with Crippen LogP contribution in [0.4, 0.5) is 0 Å². The lowest BCUT2D eigenvalue weighted by Crippen LogP contribution is -2.27. The van der Waals surface area contributed by atoms with Gasteiger partial charge in [0, 0.05) is 44.9 Å². The highest BCUT2D eigenvalue weighted by Crippen LogP contribution is 2.48. The van der Waals surface area contributed by atoms with Crippen LogP contribution in [-0.4, -0.2) is 52.5 Å². The minimum absolute atomic E-state index is 0.0803. The minimum Gasteiger partial charge on any atom is -0.349 e. The van der Waals surface area contributed by atoms with Crippen LogP contribution >= 0.6 is 0 Å². The molecule has 3 atom stereocenters. The molecule has 1 aromatic carbocycles. The largest absolute Gasteiger partial charge is 0.349 e. The summed E-state index contributed by atoms with van der Waals surface area (Å²) < 4.78 is 5.45. The van der Waals surface area contributed by atoms with Crippen LogP contribution in [0.5, 0.6) is 0 Å². The van der Waals surface area contributed by atoms with Gasteiger partial charge < -0.3 is 9.42 Å². The van der Waals surface area contributed by atoms with Crippen molar-refractivity contribution in [3.8, 4) is 0 Å². The van der Waals surface area contributed by atoms with Gasteiger partial charge in [-0.25, -0.2) is 0 Å². The molecule has 2 aromatic rings. The third-order valence-electron chi connectivity index (χ3n) is 5.74. The van der Waals surface area contributed by atoms with Crippen molar-refractivity contribution in [1.29, 1.82) is 0 Å². The zero-order chi connectivity index (χ0) is 18.1. The first-order chi connectivity index (χ1) is 12.6. The summed E-state index contributed by atoms with van der Waals surface area (Å²) >= 11 is 0. The molecule has 0 radical (unpaired) electrons. The molecule has 2 fully saturated rings. The van der Waals surface area contributed by atoms with Gasteiger partial charge >= 0.3 is 0 Å². The summed E-state index contributed by atoms with van der Waals surface area (Å²) in [5.74, 6) is 1.78. The molecular formula is C20H26N4O2. The second kappa shape index (κ2) is 7.19. The Kier molecular flexibility index (Phi) is 4.76. The molecule has 2 aliphatic rings. The molecule has 0 bridgehead atoms. The quantitative estimate of drug-likeness (QED) is 0.826. The molecule has 0 aliphatic carbocycles. The van der Waals surface area contributed by atoms with E-state index in [0.29, 0.717) is 36.7 Å². The fourth-order valence-electron chi connectivity index (χ4n) is 4.40. The maximum atomic E-state index is 11.8. The van der Waals surface area contributed by atoms with Crippen LogP contribution in [0, 0.1) is 0 Å². The van der Waals surface area contributed by atoms with Gasteiger partial charge in [0.25, 0.3) is 0 Å². The van der Waals surface area contributed by atoms with Crippen LogP contribution in [0.15, 0.2) is 34.9 Å². The molecule has 2 unspecified atom stereocenters. The molecule has 0 saturated carbocycles. The summed E-state index contributed by atoms with van der Waals surface area (Å²) in [5.41, 5.74) is 1.38. The smallest absolute Gasteiger partial charge is 0.227 e. The SMILES string of the molecule is CN(C)C(=O)CCc1nc(C2CC(c3ccccc3)N3CCC[C@@H]23)no1. The molecule has 0 spiro atoms. The lowest BCUT2D eigenvalue weighted by Gasteiger charge is -2.24. The highest BCUT2D eigenvalue weighted by Gasteiger charge is 2.46. The molecular weight excluding hydrogens is 328 g/mol. The van der Waals surface area contributed by atoms with E-state index in [-0.39, 0.29) is 5.91 Å². The Hall–Kier alpha value is -2.21. The Morgan fingerprint density at radius 1 is 1.31 bits per heavy atom. The average molecular weight is 354 g/mol. The molecule has 1 aromatic heterocycles. The fourth-order valence-corrected chi connectivity index (χ4v) is 4.40. The summed E-state index contributed by atoms with van der Waals surface area (Å²) in [6, 6.07) is 11.7. The van der Waals surface area contributed by atoms with Crippen LogP contribution in [0.25, 0.3) is 0 Å². The zero-order valence-electron chi connectivity index (χ0n) is 15.5. The van der Waals surface area contributed by atoms with Crippen molar-refractivity contribution in [2.24, 2.45) is 0 Å². The van der Waals surface area contributed by atoms with Crippen LogP contribution in [-0.2, 0) is 11.2 Å². The van der Waals surface area contributed by atoms with Crippen molar-refractivity contribution in [3.63, 3.8) is 0 Å². The van der Waals surface area contributed by atoms with Gasteiger partial charge in [-0.3, -0.25) is 9.69 Å². The fraction of sp³-hybridized carbons (Fsp3) is 0.550. The van der Waals surface area contributed by atoms with Gasteiger partial charge in [0.2, 0.25) is 11.8 Å². The van der Waals surface area contributed by atoms with Gasteiger partial charge in [-0.1, -0.05) is 35.5 Å². The van der Waals surface area contributed by atoms with Crippen molar-refractivity contribution in [3.05, 3.63) is 47.6 Å². The number of nitrogens with zero attached hydrogens (tertiary/aromatic N) is 4. The molecule has 1 amide bonds. The first-order valence-electron chi connectivity index (χ1n) is 9.47. The van der Waals surface area contributed by atoms with E-state index in [4.69, 9.17) is 4.52 Å². The Balaban J connectivity index is 1.49. The minimum atomic E-state index is 0.0803. The van der Waals surface area contributed by atoms with E-state index < -0.39 is 0 Å². The third-order valence-corrected chi connectivity index (χ3v) is 5.74. The summed E-state index contributed by atoms with van der Waals surface area (Å²) in [6.45, 7) is 1.14. The maximum Gasteiger partial charge on any atom is 0.227 e. The molecule has 6 nitrogen and oxygen atoms in total. The number of amides is 1. The Morgan fingerprint density at radius 2 is 2.12 bits per heavy atom. The first-order valence-corrected chi connectivity index (χ1v) is 9.47. The van der Waals surface area contributed by atoms with Crippen molar-refractivity contribution in [2.75, 3.05) is 20.6 Å². The normalized spacial score (nSPS) is 25.4. The molecule has 26 heavy (non-hydrogen) atoms. The van der Waals surface area contributed by atoms with E-state index in [1.807, 2.05) is 0 Å². The van der Waals surface area contributed by atoms with Crippen molar-refractivity contribution in [2.45, 2.75) is 50.1 Å². The molecule has 2 aliphatic heterocycles. The van der Waals surface area contributed by atoms with Crippen molar-refractivity contribution >= 4 is 5.91 Å². The summed E-state index contributed by atoms with van der Waals surface area (Å²) in [4.78, 5) is 20.6. The maximum absolute atomic E-state index is 11.8. The highest BCUT2D eigenvalue weighted by molar-refractivity contribution is 5.75. The number of fused-ring (bicyclic) bond motifs is 1. The van der Waals surface area contributed by atoms with Crippen LogP contribution in [0.3, 0.4) is 0 Å². The van der Waals surface area contributed by atoms with E-state index in [2.05, 4.69) is 45.4 Å². The third kappa shape index (κ3) is 3.26. The second-order valence-electron chi connectivity index (χ2n) is 7.55. The summed E-state index contributed by atoms with van der Waals surface area (Å²) in [7, 11) is 3.52. The van der Waals surface area contributed by atoms with E-state index >= 15 is 0 Å². The summed E-state index contributed by atoms with van der Waals surface area (Å²) in [5, 5.41) is 4.27. The van der Waals surface area contributed by atoms with Crippen LogP contribution in [0.1, 0.15) is 54.9 Å². The molecule has 0 N–H and O–H groups in total. The molecule has 2 saturated heterocycles. The molecule has 138 valence electrons. The van der Waals surface area contributed by atoms with Gasteiger partial charge in [-0.05, 0) is 31.4 Å². The zero-order valence-corrected chi connectivity index (χ0v) is 15.5. The predicted octanol–water partition coefficient (Wildman–Crippen LogP) is 2.78. The van der Waals surface area contributed by atoms with Gasteiger partial charge in [-0.2, -0.15) is 4.98 Å². The van der Waals surface area contributed by atoms with E-state index in [9.17, 15) is 4.79 Å². The van der Waals surface area contributed by atoms with Gasteiger partial charge in [0.05, 0.1) is 0 Å². The number of carbonyl (C=O) groups excluding carboxylic acids is 1. The standard InChI is InChI=1S/C20H26N4O2/c1-23(2)19(25)11-10-18-21-20(22-26-18)15-13-17(14-7-4-3-5-8-14)24-12-6-9-16(15)24/h3-5,7-8,15-17H,6,9-13H2,1-2H3/t15?,16-,17?/m0/s1. The van der Waals surface area contributed by atoms with Crippen molar-refractivity contribution in [1.82, 2.24) is 19.9 Å². The summed E-state index contributed by atoms with van der Waals surface area (Å²) in [6.07, 6.45) is 4.36. The van der Waals surface area contributed by atoms with Crippen molar-refractivity contribution < 1.29 is 9.32 Å². The molecule has 3 heterocycles. The Bertz CT molecular complexity index is 758. The number of hydrogen-bond acceptors (Lipinski definition) is 5. The van der Waals surface area contributed by atoms with Crippen LogP contribution < -0.4 is 0 Å². The number of rotatable bonds is 5. The second-order valence-corrected chi connectivity index (χ2v) is 7.55. The van der Waals surface area contributed by atoms with Gasteiger partial charge in [-0.15, -0.1) is 0 Å². The number of aryl methyl sites for hydroxylation is 1. The van der Waals surface area contributed by atoms with Gasteiger partial charge in [0.1, 0.15) is 0 Å². The Labute approximate surface area is 154 Å². The average Bonchev–Trinajstić information content (AvgIpc) is 3.36. The molecule has 6 heteroatoms. The monoisotopic (exact) mass is 354 g/mol. The van der Waals surface area contributed by atoms with Crippen LogP contribution in [0.2, 0.25) is 0 Å². The number of carbonyl (C=O) groups is 1. The van der Waals surface area contributed by atoms with E-state index in [1.54, 1.807) is 19.0 Å². The van der Waals surface area contributed by atoms with Gasteiger partial charge in [0.15, 0.2) is 5.82 Å². The molecule has 4 rings (SSSR count). The first kappa shape index (κ1) is 17.2.